The van der Waals surface area contributed by atoms with Crippen molar-refractivity contribution in [3.05, 3.63) is 65.4 Å². The molecule has 0 atom stereocenters. The smallest absolute Gasteiger partial charge is 0.153 e. The molecule has 0 aliphatic rings. The molecule has 0 aliphatic heterocycles. The first-order valence-electron chi connectivity index (χ1n) is 7.66. The fourth-order valence-electron chi connectivity index (χ4n) is 2.43. The zero-order chi connectivity index (χ0) is 17.1. The van der Waals surface area contributed by atoms with Crippen LogP contribution in [0.4, 0.5) is 4.39 Å². The largest absolute Gasteiger partial charge is 0.398 e. The minimum absolute atomic E-state index is 0.303. The zero-order valence-corrected chi connectivity index (χ0v) is 13.6. The van der Waals surface area contributed by atoms with Gasteiger partial charge in [0, 0.05) is 24.5 Å². The minimum atomic E-state index is -0.303. The average Bonchev–Trinajstić information content (AvgIpc) is 3.02. The number of hydrogen-bond acceptors (Lipinski definition) is 4. The molecule has 24 heavy (non-hydrogen) atoms. The van der Waals surface area contributed by atoms with Crippen molar-refractivity contribution in [2.24, 2.45) is 10.7 Å². The van der Waals surface area contributed by atoms with Crippen molar-refractivity contribution in [2.75, 3.05) is 7.05 Å². The second-order valence-electron chi connectivity index (χ2n) is 5.33. The van der Waals surface area contributed by atoms with Crippen LogP contribution in [0, 0.1) is 5.82 Å². The first kappa shape index (κ1) is 15.9. The van der Waals surface area contributed by atoms with E-state index in [1.807, 2.05) is 25.3 Å². The molecule has 2 aromatic heterocycles. The number of allylic oxidation sites excluding steroid dienone is 1. The van der Waals surface area contributed by atoms with Gasteiger partial charge in [-0.3, -0.25) is 4.99 Å². The quantitative estimate of drug-likeness (QED) is 0.751. The maximum absolute atomic E-state index is 13.1. The van der Waals surface area contributed by atoms with Crippen molar-refractivity contribution < 1.29 is 4.39 Å². The third-order valence-electron chi connectivity index (χ3n) is 3.71. The van der Waals surface area contributed by atoms with Gasteiger partial charge in [0.05, 0.1) is 17.6 Å². The first-order valence-corrected chi connectivity index (χ1v) is 7.66. The van der Waals surface area contributed by atoms with Crippen LogP contribution in [0.2, 0.25) is 0 Å². The molecule has 0 radical (unpaired) electrons. The van der Waals surface area contributed by atoms with E-state index in [0.29, 0.717) is 22.5 Å². The van der Waals surface area contributed by atoms with Crippen molar-refractivity contribution in [2.45, 2.75) is 13.3 Å². The summed E-state index contributed by atoms with van der Waals surface area (Å²) in [7, 11) is 1.67. The Kier molecular flexibility index (Phi) is 4.37. The fourth-order valence-corrected chi connectivity index (χ4v) is 2.43. The number of fused-ring (bicyclic) bond motifs is 1. The number of aliphatic imine (C=N–C) groups is 1. The van der Waals surface area contributed by atoms with Gasteiger partial charge in [-0.1, -0.05) is 6.92 Å². The summed E-state index contributed by atoms with van der Waals surface area (Å²) in [6.07, 6.45) is 4.40. The summed E-state index contributed by atoms with van der Waals surface area (Å²) in [6.45, 7) is 2.05. The highest BCUT2D eigenvalue weighted by Gasteiger charge is 2.11. The lowest BCUT2D eigenvalue weighted by Crippen LogP contribution is -2.06. The molecule has 0 fully saturated rings. The number of benzene rings is 1. The second kappa shape index (κ2) is 6.62. The van der Waals surface area contributed by atoms with Crippen molar-refractivity contribution in [1.82, 2.24) is 14.6 Å². The van der Waals surface area contributed by atoms with E-state index in [1.165, 1.54) is 12.1 Å². The molecule has 0 amide bonds. The molecule has 0 spiro atoms. The zero-order valence-electron chi connectivity index (χ0n) is 13.6. The van der Waals surface area contributed by atoms with E-state index in [9.17, 15) is 4.39 Å². The Hall–Kier alpha value is -3.02. The number of imidazole rings is 1. The molecule has 122 valence electrons. The summed E-state index contributed by atoms with van der Waals surface area (Å²) in [5.41, 5.74) is 10.6. The average molecular weight is 323 g/mol. The predicted octanol–water partition coefficient (Wildman–Crippen LogP) is 2.96. The summed E-state index contributed by atoms with van der Waals surface area (Å²) in [5.74, 6) is -0.303. The van der Waals surface area contributed by atoms with E-state index in [4.69, 9.17) is 5.73 Å². The Morgan fingerprint density at radius 1 is 1.25 bits per heavy atom. The lowest BCUT2D eigenvalue weighted by Gasteiger charge is -2.08. The molecule has 2 heterocycles. The molecule has 5 nitrogen and oxygen atoms in total. The standard InChI is InChI=1S/C18H18FN5/c1-3-14-11-24-17(22-14)9-8-16(23-24)15(10-21-2)18(20)12-4-6-13(19)7-5-12/h4-11H,3,20H2,1-2H3. The molecule has 0 bridgehead atoms. The van der Waals surface area contributed by atoms with Gasteiger partial charge in [0.25, 0.3) is 0 Å². The van der Waals surface area contributed by atoms with Crippen LogP contribution in [0.25, 0.3) is 16.9 Å². The maximum Gasteiger partial charge on any atom is 0.153 e. The van der Waals surface area contributed by atoms with Crippen molar-refractivity contribution in [3.63, 3.8) is 0 Å². The van der Waals surface area contributed by atoms with Crippen LogP contribution in [0.15, 0.2) is 47.6 Å². The van der Waals surface area contributed by atoms with Crippen molar-refractivity contribution in [3.8, 4) is 0 Å². The summed E-state index contributed by atoms with van der Waals surface area (Å²) in [4.78, 5) is 8.54. The van der Waals surface area contributed by atoms with Gasteiger partial charge in [-0.25, -0.2) is 13.9 Å². The van der Waals surface area contributed by atoms with Crippen LogP contribution in [-0.2, 0) is 6.42 Å². The van der Waals surface area contributed by atoms with Crippen LogP contribution in [-0.4, -0.2) is 27.9 Å². The molecule has 1 aromatic carbocycles. The van der Waals surface area contributed by atoms with E-state index >= 15 is 0 Å². The van der Waals surface area contributed by atoms with Crippen LogP contribution < -0.4 is 5.73 Å². The topological polar surface area (TPSA) is 68.6 Å². The molecule has 0 saturated heterocycles. The lowest BCUT2D eigenvalue weighted by atomic mass is 10.0. The number of nitrogens with two attached hydrogens (primary N) is 1. The van der Waals surface area contributed by atoms with Crippen molar-refractivity contribution >= 4 is 23.1 Å². The Labute approximate surface area is 139 Å². The molecule has 3 aromatic rings. The van der Waals surface area contributed by atoms with E-state index in [0.717, 1.165) is 17.8 Å². The summed E-state index contributed by atoms with van der Waals surface area (Å²) < 4.78 is 14.9. The number of aromatic nitrogens is 3. The highest BCUT2D eigenvalue weighted by Crippen LogP contribution is 2.21. The molecule has 0 aliphatic carbocycles. The summed E-state index contributed by atoms with van der Waals surface area (Å²) >= 11 is 0. The third-order valence-corrected chi connectivity index (χ3v) is 3.71. The van der Waals surface area contributed by atoms with Gasteiger partial charge >= 0.3 is 0 Å². The lowest BCUT2D eigenvalue weighted by molar-refractivity contribution is 0.627. The van der Waals surface area contributed by atoms with Crippen LogP contribution in [0.1, 0.15) is 23.9 Å². The SMILES string of the molecule is CCc1cn2nc(C(C=NC)=C(N)c3ccc(F)cc3)ccc2n1. The van der Waals surface area contributed by atoms with Crippen LogP contribution >= 0.6 is 0 Å². The molecular formula is C18H18FN5. The fraction of sp³-hybridized carbons (Fsp3) is 0.167. The van der Waals surface area contributed by atoms with Gasteiger partial charge in [-0.2, -0.15) is 5.10 Å². The number of hydrogen-bond donors (Lipinski definition) is 1. The second-order valence-corrected chi connectivity index (χ2v) is 5.33. The molecular weight excluding hydrogens is 305 g/mol. The molecule has 6 heteroatoms. The van der Waals surface area contributed by atoms with Gasteiger partial charge in [0.15, 0.2) is 5.65 Å². The highest BCUT2D eigenvalue weighted by atomic mass is 19.1. The normalized spacial score (nSPS) is 12.8. The monoisotopic (exact) mass is 323 g/mol. The molecule has 0 saturated carbocycles. The van der Waals surface area contributed by atoms with E-state index in [1.54, 1.807) is 29.9 Å². The Bertz CT molecular complexity index is 922. The van der Waals surface area contributed by atoms with Gasteiger partial charge in [0.2, 0.25) is 0 Å². The van der Waals surface area contributed by atoms with Gasteiger partial charge in [-0.15, -0.1) is 0 Å². The van der Waals surface area contributed by atoms with E-state index in [-0.39, 0.29) is 5.82 Å². The Morgan fingerprint density at radius 2 is 2.00 bits per heavy atom. The molecule has 3 rings (SSSR count). The number of rotatable bonds is 4. The van der Waals surface area contributed by atoms with E-state index < -0.39 is 0 Å². The van der Waals surface area contributed by atoms with Gasteiger partial charge in [-0.05, 0) is 48.4 Å². The first-order chi connectivity index (χ1) is 11.6. The minimum Gasteiger partial charge on any atom is -0.398 e. The van der Waals surface area contributed by atoms with Crippen molar-refractivity contribution in [1.29, 1.82) is 0 Å². The Morgan fingerprint density at radius 3 is 2.67 bits per heavy atom. The van der Waals surface area contributed by atoms with Gasteiger partial charge in [0.1, 0.15) is 5.82 Å². The molecule has 2 N–H and O–H groups in total. The predicted molar refractivity (Wildman–Crippen MR) is 94.2 cm³/mol. The maximum atomic E-state index is 13.1. The summed E-state index contributed by atoms with van der Waals surface area (Å²) in [5, 5.41) is 4.58. The summed E-state index contributed by atoms with van der Waals surface area (Å²) in [6, 6.07) is 9.78. The van der Waals surface area contributed by atoms with E-state index in [2.05, 4.69) is 15.1 Å². The van der Waals surface area contributed by atoms with Crippen LogP contribution in [0.3, 0.4) is 0 Å². The van der Waals surface area contributed by atoms with Gasteiger partial charge < -0.3 is 5.73 Å². The number of nitrogens with zero attached hydrogens (tertiary/aromatic N) is 4. The number of halogens is 1. The number of aryl methyl sites for hydroxylation is 1. The third kappa shape index (κ3) is 3.03. The Balaban J connectivity index is 2.13. The highest BCUT2D eigenvalue weighted by molar-refractivity contribution is 6.18. The molecule has 0 unspecified atom stereocenters. The van der Waals surface area contributed by atoms with Crippen LogP contribution in [0.5, 0.6) is 0 Å².